The smallest absolute Gasteiger partial charge is 0.149 e. The maximum atomic E-state index is 9.40. The van der Waals surface area contributed by atoms with Crippen molar-refractivity contribution in [3.05, 3.63) is 17.3 Å². The number of pyridine rings is 1. The molecule has 2 rings (SSSR count). The Morgan fingerprint density at radius 3 is 3.00 bits per heavy atom. The summed E-state index contributed by atoms with van der Waals surface area (Å²) in [6, 6.07) is 1.68. The Balaban J connectivity index is 1.89. The molecule has 1 aliphatic carbocycles. The van der Waals surface area contributed by atoms with Crippen LogP contribution in [0.25, 0.3) is 0 Å². The van der Waals surface area contributed by atoms with Crippen molar-refractivity contribution in [3.8, 4) is 0 Å². The van der Waals surface area contributed by atoms with Gasteiger partial charge in [-0.2, -0.15) is 0 Å². The summed E-state index contributed by atoms with van der Waals surface area (Å²) in [5, 5.41) is 13.1. The number of hydrogen-bond donors (Lipinski definition) is 3. The second-order valence-electron chi connectivity index (χ2n) is 4.31. The number of aliphatic hydroxyl groups excluding tert-OH is 1. The molecule has 4 nitrogen and oxygen atoms in total. The Morgan fingerprint density at radius 1 is 1.56 bits per heavy atom. The summed E-state index contributed by atoms with van der Waals surface area (Å²) in [5.41, 5.74) is 6.34. The van der Waals surface area contributed by atoms with Crippen LogP contribution in [0.5, 0.6) is 0 Å². The second kappa shape index (κ2) is 4.89. The Morgan fingerprint density at radius 2 is 2.38 bits per heavy atom. The normalized spacial score (nSPS) is 24.6. The molecule has 88 valence electrons. The number of anilines is 2. The minimum Gasteiger partial charge on any atom is -0.396 e. The quantitative estimate of drug-likeness (QED) is 0.756. The number of hydrogen-bond acceptors (Lipinski definition) is 4. The van der Waals surface area contributed by atoms with Gasteiger partial charge in [-0.3, -0.25) is 0 Å². The summed E-state index contributed by atoms with van der Waals surface area (Å²) in [6.07, 6.45) is 4.25. The van der Waals surface area contributed by atoms with Gasteiger partial charge in [-0.1, -0.05) is 11.6 Å². The zero-order valence-electron chi connectivity index (χ0n) is 8.99. The highest BCUT2D eigenvalue weighted by Crippen LogP contribution is 2.26. The van der Waals surface area contributed by atoms with E-state index in [0.29, 0.717) is 22.4 Å². The van der Waals surface area contributed by atoms with Crippen molar-refractivity contribution in [2.45, 2.75) is 25.4 Å². The summed E-state index contributed by atoms with van der Waals surface area (Å²) in [4.78, 5) is 4.13. The molecule has 1 aromatic heterocycles. The molecule has 0 aromatic carbocycles. The van der Waals surface area contributed by atoms with Crippen molar-refractivity contribution in [2.24, 2.45) is 5.92 Å². The number of aliphatic hydroxyl groups is 1. The van der Waals surface area contributed by atoms with E-state index in [1.165, 1.54) is 0 Å². The molecule has 0 spiro atoms. The van der Waals surface area contributed by atoms with Crippen LogP contribution in [0, 0.1) is 5.92 Å². The van der Waals surface area contributed by atoms with E-state index in [1.807, 2.05) is 0 Å². The Hall–Kier alpha value is -1.00. The monoisotopic (exact) mass is 241 g/mol. The van der Waals surface area contributed by atoms with Gasteiger partial charge in [0.15, 0.2) is 0 Å². The summed E-state index contributed by atoms with van der Waals surface area (Å²) in [5.74, 6) is 1.18. The molecule has 2 unspecified atom stereocenters. The fraction of sp³-hybridized carbons (Fsp3) is 0.545. The van der Waals surface area contributed by atoms with Crippen LogP contribution in [0.3, 0.4) is 0 Å². The topological polar surface area (TPSA) is 71.2 Å². The molecule has 0 aliphatic heterocycles. The first-order chi connectivity index (χ1) is 7.65. The van der Waals surface area contributed by atoms with Gasteiger partial charge in [0.25, 0.3) is 0 Å². The molecular weight excluding hydrogens is 226 g/mol. The number of nitrogens with two attached hydrogens (primary N) is 1. The largest absolute Gasteiger partial charge is 0.396 e. The SMILES string of the molecule is Nc1cc(Cl)cnc1NCC1CCC(O)C1. The van der Waals surface area contributed by atoms with Crippen molar-refractivity contribution in [2.75, 3.05) is 17.6 Å². The van der Waals surface area contributed by atoms with Crippen LogP contribution >= 0.6 is 11.6 Å². The van der Waals surface area contributed by atoms with E-state index < -0.39 is 0 Å². The highest BCUT2D eigenvalue weighted by atomic mass is 35.5. The van der Waals surface area contributed by atoms with Crippen LogP contribution < -0.4 is 11.1 Å². The van der Waals surface area contributed by atoms with Crippen molar-refractivity contribution in [3.63, 3.8) is 0 Å². The Labute approximate surface area is 99.8 Å². The molecule has 0 amide bonds. The summed E-state index contributed by atoms with van der Waals surface area (Å²) < 4.78 is 0. The predicted molar refractivity (Wildman–Crippen MR) is 65.5 cm³/mol. The molecule has 0 radical (unpaired) electrons. The van der Waals surface area contributed by atoms with Gasteiger partial charge in [-0.15, -0.1) is 0 Å². The summed E-state index contributed by atoms with van der Waals surface area (Å²) in [6.45, 7) is 0.801. The fourth-order valence-corrected chi connectivity index (χ4v) is 2.24. The lowest BCUT2D eigenvalue weighted by atomic mass is 10.1. The fourth-order valence-electron chi connectivity index (χ4n) is 2.08. The minimum absolute atomic E-state index is 0.137. The first-order valence-electron chi connectivity index (χ1n) is 5.48. The van der Waals surface area contributed by atoms with E-state index in [0.717, 1.165) is 25.8 Å². The third-order valence-corrected chi connectivity index (χ3v) is 3.16. The Bertz CT molecular complexity index is 372. The molecule has 2 atom stereocenters. The first-order valence-corrected chi connectivity index (χ1v) is 5.86. The lowest BCUT2D eigenvalue weighted by Crippen LogP contribution is -2.14. The van der Waals surface area contributed by atoms with Gasteiger partial charge in [0.1, 0.15) is 5.82 Å². The maximum Gasteiger partial charge on any atom is 0.149 e. The van der Waals surface area contributed by atoms with Gasteiger partial charge in [-0.05, 0) is 31.2 Å². The van der Waals surface area contributed by atoms with Crippen LogP contribution in [0.4, 0.5) is 11.5 Å². The van der Waals surface area contributed by atoms with Gasteiger partial charge < -0.3 is 16.2 Å². The van der Waals surface area contributed by atoms with Crippen LogP contribution in [0.2, 0.25) is 5.02 Å². The third kappa shape index (κ3) is 2.77. The van der Waals surface area contributed by atoms with Gasteiger partial charge >= 0.3 is 0 Å². The molecule has 1 saturated carbocycles. The summed E-state index contributed by atoms with van der Waals surface area (Å²) >= 11 is 5.76. The van der Waals surface area contributed by atoms with Crippen LogP contribution in [0.1, 0.15) is 19.3 Å². The standard InChI is InChI=1S/C11H16ClN3O/c12-8-4-10(13)11(15-6-8)14-5-7-1-2-9(16)3-7/h4,6-7,9,16H,1-3,5,13H2,(H,14,15). The molecule has 0 saturated heterocycles. The highest BCUT2D eigenvalue weighted by molar-refractivity contribution is 6.30. The van der Waals surface area contributed by atoms with Crippen molar-refractivity contribution >= 4 is 23.1 Å². The van der Waals surface area contributed by atoms with Gasteiger partial charge in [0, 0.05) is 12.7 Å². The lowest BCUT2D eigenvalue weighted by Gasteiger charge is -2.12. The molecule has 1 aliphatic rings. The molecule has 1 heterocycles. The van der Waals surface area contributed by atoms with Gasteiger partial charge in [0.2, 0.25) is 0 Å². The molecule has 4 N–H and O–H groups in total. The average molecular weight is 242 g/mol. The molecule has 1 fully saturated rings. The minimum atomic E-state index is -0.137. The number of nitrogen functional groups attached to an aromatic ring is 1. The molecular formula is C11H16ClN3O. The Kier molecular flexibility index (Phi) is 3.51. The van der Waals surface area contributed by atoms with E-state index >= 15 is 0 Å². The maximum absolute atomic E-state index is 9.40. The van der Waals surface area contributed by atoms with E-state index in [2.05, 4.69) is 10.3 Å². The number of rotatable bonds is 3. The van der Waals surface area contributed by atoms with Crippen molar-refractivity contribution < 1.29 is 5.11 Å². The van der Waals surface area contributed by atoms with Crippen LogP contribution in [-0.2, 0) is 0 Å². The molecule has 5 heteroatoms. The first kappa shape index (κ1) is 11.5. The van der Waals surface area contributed by atoms with Gasteiger partial charge in [-0.25, -0.2) is 4.98 Å². The van der Waals surface area contributed by atoms with Crippen molar-refractivity contribution in [1.82, 2.24) is 4.98 Å². The number of nitrogens with one attached hydrogen (secondary N) is 1. The van der Waals surface area contributed by atoms with Crippen LogP contribution in [-0.4, -0.2) is 22.7 Å². The molecule has 16 heavy (non-hydrogen) atoms. The van der Waals surface area contributed by atoms with E-state index in [9.17, 15) is 5.11 Å². The van der Waals surface area contributed by atoms with E-state index in [4.69, 9.17) is 17.3 Å². The number of halogens is 1. The second-order valence-corrected chi connectivity index (χ2v) is 4.74. The summed E-state index contributed by atoms with van der Waals surface area (Å²) in [7, 11) is 0. The van der Waals surface area contributed by atoms with E-state index in [-0.39, 0.29) is 6.10 Å². The van der Waals surface area contributed by atoms with E-state index in [1.54, 1.807) is 12.3 Å². The molecule has 0 bridgehead atoms. The van der Waals surface area contributed by atoms with Crippen LogP contribution in [0.15, 0.2) is 12.3 Å². The van der Waals surface area contributed by atoms with Crippen molar-refractivity contribution in [1.29, 1.82) is 0 Å². The number of aromatic nitrogens is 1. The highest BCUT2D eigenvalue weighted by Gasteiger charge is 2.22. The third-order valence-electron chi connectivity index (χ3n) is 2.96. The number of nitrogens with zero attached hydrogens (tertiary/aromatic N) is 1. The zero-order chi connectivity index (χ0) is 11.5. The zero-order valence-corrected chi connectivity index (χ0v) is 9.74. The van der Waals surface area contributed by atoms with Gasteiger partial charge in [0.05, 0.1) is 16.8 Å². The lowest BCUT2D eigenvalue weighted by molar-refractivity contribution is 0.178. The average Bonchev–Trinajstić information content (AvgIpc) is 2.63. The predicted octanol–water partition coefficient (Wildman–Crippen LogP) is 1.89. The molecule has 1 aromatic rings.